The van der Waals surface area contributed by atoms with Gasteiger partial charge in [0.25, 0.3) is 0 Å². The van der Waals surface area contributed by atoms with E-state index in [0.29, 0.717) is 6.61 Å². The lowest BCUT2D eigenvalue weighted by Crippen LogP contribution is -2.24. The van der Waals surface area contributed by atoms with Crippen molar-refractivity contribution in [3.05, 3.63) is 100 Å². The molecule has 0 amide bonds. The zero-order valence-corrected chi connectivity index (χ0v) is 18.6. The average molecular weight is 493 g/mol. The Morgan fingerprint density at radius 3 is 2.45 bits per heavy atom. The van der Waals surface area contributed by atoms with Crippen molar-refractivity contribution in [2.75, 3.05) is 13.2 Å². The molecular weight excluding hydrogens is 469 g/mol. The van der Waals surface area contributed by atoms with Crippen LogP contribution < -0.4 is 10.1 Å². The van der Waals surface area contributed by atoms with Crippen LogP contribution in [0.1, 0.15) is 18.5 Å². The minimum absolute atomic E-state index is 0.264. The molecule has 0 saturated carbocycles. The molecule has 0 fully saturated rings. The molecule has 4 aromatic carbocycles. The van der Waals surface area contributed by atoms with Crippen LogP contribution in [-0.2, 0) is 0 Å². The number of halogens is 1. The maximum absolute atomic E-state index is 6.06. The first kappa shape index (κ1) is 19.9. The normalized spacial score (nSPS) is 12.1. The lowest BCUT2D eigenvalue weighted by Gasteiger charge is -2.17. The fourth-order valence-corrected chi connectivity index (χ4v) is 4.27. The summed E-state index contributed by atoms with van der Waals surface area (Å²) in [5.74, 6) is 0.912. The van der Waals surface area contributed by atoms with Gasteiger partial charge in [0.1, 0.15) is 12.4 Å². The molecular formula is C26H24INO. The second-order valence-corrected chi connectivity index (χ2v) is 8.38. The largest absolute Gasteiger partial charge is 0.492 e. The Balaban J connectivity index is 1.38. The molecule has 1 atom stereocenters. The third-order valence-electron chi connectivity index (χ3n) is 5.09. The Kier molecular flexibility index (Phi) is 6.47. The Bertz CT molecular complexity index is 1090. The molecule has 29 heavy (non-hydrogen) atoms. The fraction of sp³-hybridized carbons (Fsp3) is 0.154. The highest BCUT2D eigenvalue weighted by Crippen LogP contribution is 2.27. The summed E-state index contributed by atoms with van der Waals surface area (Å²) in [6, 6.07) is 32.1. The standard InChI is InChI=1S/C26H24INO/c1-19(25-13-7-11-21-10-5-6-12-26(21)25)28-14-15-29-24-17-22(16-23(27)18-24)20-8-3-2-4-9-20/h2-13,16-19,28H,14-15H2,1H3. The molecule has 0 aromatic heterocycles. The summed E-state index contributed by atoms with van der Waals surface area (Å²) in [7, 11) is 0. The van der Waals surface area contributed by atoms with E-state index < -0.39 is 0 Å². The molecule has 4 aromatic rings. The molecule has 4 rings (SSSR count). The second-order valence-electron chi connectivity index (χ2n) is 7.13. The van der Waals surface area contributed by atoms with Gasteiger partial charge in [0, 0.05) is 16.2 Å². The highest BCUT2D eigenvalue weighted by Gasteiger charge is 2.09. The molecule has 2 nitrogen and oxygen atoms in total. The van der Waals surface area contributed by atoms with E-state index in [-0.39, 0.29) is 6.04 Å². The van der Waals surface area contributed by atoms with Crippen LogP contribution >= 0.6 is 22.6 Å². The van der Waals surface area contributed by atoms with E-state index in [1.54, 1.807) is 0 Å². The van der Waals surface area contributed by atoms with E-state index in [0.717, 1.165) is 12.3 Å². The van der Waals surface area contributed by atoms with Crippen molar-refractivity contribution in [3.63, 3.8) is 0 Å². The van der Waals surface area contributed by atoms with Crippen LogP contribution in [0.25, 0.3) is 21.9 Å². The van der Waals surface area contributed by atoms with Gasteiger partial charge in [0.2, 0.25) is 0 Å². The minimum Gasteiger partial charge on any atom is -0.492 e. The maximum Gasteiger partial charge on any atom is 0.121 e. The van der Waals surface area contributed by atoms with Gasteiger partial charge in [0.15, 0.2) is 0 Å². The van der Waals surface area contributed by atoms with Gasteiger partial charge in [-0.1, -0.05) is 72.8 Å². The summed E-state index contributed by atoms with van der Waals surface area (Å²) in [5.41, 5.74) is 3.71. The van der Waals surface area contributed by atoms with Gasteiger partial charge >= 0.3 is 0 Å². The molecule has 0 aliphatic rings. The molecule has 3 heteroatoms. The summed E-state index contributed by atoms with van der Waals surface area (Å²) < 4.78 is 7.23. The first-order valence-electron chi connectivity index (χ1n) is 9.90. The van der Waals surface area contributed by atoms with E-state index in [4.69, 9.17) is 4.74 Å². The van der Waals surface area contributed by atoms with Crippen molar-refractivity contribution in [2.24, 2.45) is 0 Å². The van der Waals surface area contributed by atoms with Crippen molar-refractivity contribution in [3.8, 4) is 16.9 Å². The quantitative estimate of drug-likeness (QED) is 0.225. The molecule has 1 unspecified atom stereocenters. The smallest absolute Gasteiger partial charge is 0.121 e. The van der Waals surface area contributed by atoms with Gasteiger partial charge < -0.3 is 10.1 Å². The lowest BCUT2D eigenvalue weighted by molar-refractivity contribution is 0.307. The molecule has 1 N–H and O–H groups in total. The van der Waals surface area contributed by atoms with E-state index in [1.165, 1.54) is 31.0 Å². The Hall–Kier alpha value is -2.37. The van der Waals surface area contributed by atoms with Crippen LogP contribution in [-0.4, -0.2) is 13.2 Å². The summed E-state index contributed by atoms with van der Waals surface area (Å²) >= 11 is 2.35. The van der Waals surface area contributed by atoms with E-state index >= 15 is 0 Å². The number of hydrogen-bond donors (Lipinski definition) is 1. The minimum atomic E-state index is 0.264. The molecule has 0 saturated heterocycles. The zero-order chi connectivity index (χ0) is 20.1. The highest BCUT2D eigenvalue weighted by molar-refractivity contribution is 14.1. The SMILES string of the molecule is CC(NCCOc1cc(I)cc(-c2ccccc2)c1)c1cccc2ccccc12. The zero-order valence-electron chi connectivity index (χ0n) is 16.4. The van der Waals surface area contributed by atoms with Crippen molar-refractivity contribution >= 4 is 33.4 Å². The third kappa shape index (κ3) is 4.98. The van der Waals surface area contributed by atoms with Crippen LogP contribution in [0.15, 0.2) is 91.0 Å². The topological polar surface area (TPSA) is 21.3 Å². The number of rotatable bonds is 7. The van der Waals surface area contributed by atoms with Gasteiger partial charge in [-0.2, -0.15) is 0 Å². The predicted octanol–water partition coefficient (Wildman–Crippen LogP) is 6.84. The van der Waals surface area contributed by atoms with Gasteiger partial charge in [-0.3, -0.25) is 0 Å². The Morgan fingerprint density at radius 1 is 0.828 bits per heavy atom. The Morgan fingerprint density at radius 2 is 1.59 bits per heavy atom. The average Bonchev–Trinajstić information content (AvgIpc) is 2.76. The molecule has 0 heterocycles. The fourth-order valence-electron chi connectivity index (χ4n) is 3.63. The van der Waals surface area contributed by atoms with E-state index in [1.807, 2.05) is 6.07 Å². The first-order chi connectivity index (χ1) is 14.2. The van der Waals surface area contributed by atoms with Crippen molar-refractivity contribution in [1.82, 2.24) is 5.32 Å². The molecule has 0 bridgehead atoms. The highest BCUT2D eigenvalue weighted by atomic mass is 127. The van der Waals surface area contributed by atoms with Crippen LogP contribution in [0.4, 0.5) is 0 Å². The number of hydrogen-bond acceptors (Lipinski definition) is 2. The molecule has 0 radical (unpaired) electrons. The first-order valence-corrected chi connectivity index (χ1v) is 11.0. The van der Waals surface area contributed by atoms with Crippen LogP contribution in [0.3, 0.4) is 0 Å². The van der Waals surface area contributed by atoms with Crippen LogP contribution in [0, 0.1) is 3.57 Å². The Labute approximate surface area is 186 Å². The summed E-state index contributed by atoms with van der Waals surface area (Å²) in [6.07, 6.45) is 0. The lowest BCUT2D eigenvalue weighted by atomic mass is 10.00. The number of ether oxygens (including phenoxy) is 1. The molecule has 0 spiro atoms. The third-order valence-corrected chi connectivity index (χ3v) is 5.71. The van der Waals surface area contributed by atoms with Gasteiger partial charge in [0.05, 0.1) is 0 Å². The molecule has 146 valence electrons. The van der Waals surface area contributed by atoms with Crippen molar-refractivity contribution in [2.45, 2.75) is 13.0 Å². The van der Waals surface area contributed by atoms with Crippen LogP contribution in [0.2, 0.25) is 0 Å². The van der Waals surface area contributed by atoms with E-state index in [2.05, 4.69) is 120 Å². The summed E-state index contributed by atoms with van der Waals surface area (Å²) in [4.78, 5) is 0. The maximum atomic E-state index is 6.06. The summed E-state index contributed by atoms with van der Waals surface area (Å²) in [6.45, 7) is 3.63. The van der Waals surface area contributed by atoms with Gasteiger partial charge in [-0.15, -0.1) is 0 Å². The van der Waals surface area contributed by atoms with Crippen molar-refractivity contribution < 1.29 is 4.74 Å². The van der Waals surface area contributed by atoms with Gasteiger partial charge in [-0.25, -0.2) is 0 Å². The second kappa shape index (κ2) is 9.42. The molecule has 0 aliphatic heterocycles. The predicted molar refractivity (Wildman–Crippen MR) is 130 cm³/mol. The monoisotopic (exact) mass is 493 g/mol. The van der Waals surface area contributed by atoms with Crippen molar-refractivity contribution in [1.29, 1.82) is 0 Å². The number of benzene rings is 4. The van der Waals surface area contributed by atoms with Gasteiger partial charge in [-0.05, 0) is 75.2 Å². The number of fused-ring (bicyclic) bond motifs is 1. The molecule has 0 aliphatic carbocycles. The summed E-state index contributed by atoms with van der Waals surface area (Å²) in [5, 5.41) is 6.18. The number of nitrogens with one attached hydrogen (secondary N) is 1. The van der Waals surface area contributed by atoms with E-state index in [9.17, 15) is 0 Å². The van der Waals surface area contributed by atoms with Crippen LogP contribution in [0.5, 0.6) is 5.75 Å².